The van der Waals surface area contributed by atoms with Crippen molar-refractivity contribution in [2.75, 3.05) is 44.7 Å². The van der Waals surface area contributed by atoms with Crippen molar-refractivity contribution < 1.29 is 23.8 Å². The van der Waals surface area contributed by atoms with Gasteiger partial charge in [-0.3, -0.25) is 4.79 Å². The zero-order valence-electron chi connectivity index (χ0n) is 13.6. The van der Waals surface area contributed by atoms with Gasteiger partial charge in [-0.2, -0.15) is 0 Å². The Bertz CT molecular complexity index is 589. The minimum absolute atomic E-state index is 0.0289. The maximum atomic E-state index is 14.1. The number of ether oxygens (including phenoxy) is 1. The Hall–Kier alpha value is -2.51. The predicted molar refractivity (Wildman–Crippen MR) is 87.0 cm³/mol. The zero-order chi connectivity index (χ0) is 17.5. The van der Waals surface area contributed by atoms with Gasteiger partial charge in [-0.15, -0.1) is 0 Å². The monoisotopic (exact) mass is 339 g/mol. The molecule has 2 N–H and O–H groups in total. The zero-order valence-corrected chi connectivity index (χ0v) is 13.6. The number of carbonyl (C=O) groups is 2. The number of carboxylic acids is 1. The molecule has 7 nitrogen and oxygen atoms in total. The summed E-state index contributed by atoms with van der Waals surface area (Å²) in [5.74, 6) is -0.751. The van der Waals surface area contributed by atoms with Gasteiger partial charge < -0.3 is 25.0 Å². The van der Waals surface area contributed by atoms with Gasteiger partial charge in [-0.05, 0) is 18.6 Å². The van der Waals surface area contributed by atoms with Crippen LogP contribution < -0.4 is 15.0 Å². The maximum absolute atomic E-state index is 14.1. The molecule has 0 spiro atoms. The number of urea groups is 1. The Labute approximate surface area is 140 Å². The third-order valence-corrected chi connectivity index (χ3v) is 3.90. The lowest BCUT2D eigenvalue weighted by Crippen LogP contribution is -2.52. The molecule has 1 aliphatic rings. The van der Waals surface area contributed by atoms with E-state index in [4.69, 9.17) is 9.84 Å². The molecule has 1 heterocycles. The van der Waals surface area contributed by atoms with Crippen molar-refractivity contribution in [1.29, 1.82) is 0 Å². The first-order valence-corrected chi connectivity index (χ1v) is 7.85. The summed E-state index contributed by atoms with van der Waals surface area (Å²) < 4.78 is 19.3. The van der Waals surface area contributed by atoms with Gasteiger partial charge in [0.1, 0.15) is 17.3 Å². The number of carboxylic acid groups (broad SMARTS) is 1. The highest BCUT2D eigenvalue weighted by Crippen LogP contribution is 2.31. The van der Waals surface area contributed by atoms with Gasteiger partial charge in [0, 0.05) is 39.1 Å². The number of amides is 2. The molecule has 1 saturated heterocycles. The Morgan fingerprint density at radius 1 is 1.29 bits per heavy atom. The largest absolute Gasteiger partial charge is 0.494 e. The van der Waals surface area contributed by atoms with E-state index in [1.165, 1.54) is 13.2 Å². The standard InChI is InChI=1S/C16H22FN3O4/c1-24-13-5-2-4-12(17)15(13)19-8-10-20(11-9-19)16(23)18-7-3-6-14(21)22/h2,4-5H,3,6-11H2,1H3,(H,18,23)(H,21,22). The Morgan fingerprint density at radius 3 is 2.62 bits per heavy atom. The molecule has 1 aliphatic heterocycles. The first-order valence-electron chi connectivity index (χ1n) is 7.85. The van der Waals surface area contributed by atoms with E-state index in [0.29, 0.717) is 50.6 Å². The molecule has 0 aliphatic carbocycles. The second-order valence-corrected chi connectivity index (χ2v) is 5.49. The topological polar surface area (TPSA) is 82.1 Å². The predicted octanol–water partition coefficient (Wildman–Crippen LogP) is 1.53. The second-order valence-electron chi connectivity index (χ2n) is 5.49. The van der Waals surface area contributed by atoms with Crippen molar-refractivity contribution in [2.45, 2.75) is 12.8 Å². The highest BCUT2D eigenvalue weighted by molar-refractivity contribution is 5.75. The van der Waals surface area contributed by atoms with Gasteiger partial charge in [0.2, 0.25) is 0 Å². The van der Waals surface area contributed by atoms with Crippen molar-refractivity contribution >= 4 is 17.7 Å². The van der Waals surface area contributed by atoms with Gasteiger partial charge in [0.25, 0.3) is 0 Å². The van der Waals surface area contributed by atoms with E-state index < -0.39 is 5.97 Å². The van der Waals surface area contributed by atoms with E-state index >= 15 is 0 Å². The normalized spacial score (nSPS) is 14.4. The summed E-state index contributed by atoms with van der Waals surface area (Å²) in [7, 11) is 1.50. The molecular formula is C16H22FN3O4. The van der Waals surface area contributed by atoms with Crippen LogP contribution in [0, 0.1) is 5.82 Å². The van der Waals surface area contributed by atoms with Gasteiger partial charge in [-0.1, -0.05) is 6.07 Å². The van der Waals surface area contributed by atoms with E-state index in [1.807, 2.05) is 4.90 Å². The summed E-state index contributed by atoms with van der Waals surface area (Å²) in [4.78, 5) is 26.0. The molecule has 1 aromatic rings. The van der Waals surface area contributed by atoms with Crippen LogP contribution in [-0.4, -0.2) is 61.8 Å². The summed E-state index contributed by atoms with van der Waals surface area (Å²) in [6, 6.07) is 4.47. The number of rotatable bonds is 6. The van der Waals surface area contributed by atoms with Crippen molar-refractivity contribution in [3.05, 3.63) is 24.0 Å². The third kappa shape index (κ3) is 4.50. The number of hydrogen-bond acceptors (Lipinski definition) is 4. The first kappa shape index (κ1) is 17.8. The molecule has 1 aromatic carbocycles. The molecule has 0 bridgehead atoms. The van der Waals surface area contributed by atoms with Crippen LogP contribution in [-0.2, 0) is 4.79 Å². The minimum atomic E-state index is -0.878. The minimum Gasteiger partial charge on any atom is -0.494 e. The molecule has 8 heteroatoms. The van der Waals surface area contributed by atoms with Crippen LogP contribution in [0.15, 0.2) is 18.2 Å². The number of para-hydroxylation sites is 1. The van der Waals surface area contributed by atoms with Crippen LogP contribution in [0.2, 0.25) is 0 Å². The molecular weight excluding hydrogens is 317 g/mol. The van der Waals surface area contributed by atoms with Crippen LogP contribution in [0.3, 0.4) is 0 Å². The van der Waals surface area contributed by atoms with Gasteiger partial charge >= 0.3 is 12.0 Å². The number of hydrogen-bond donors (Lipinski definition) is 2. The molecule has 0 radical (unpaired) electrons. The molecule has 0 atom stereocenters. The van der Waals surface area contributed by atoms with E-state index in [-0.39, 0.29) is 18.3 Å². The lowest BCUT2D eigenvalue weighted by molar-refractivity contribution is -0.137. The molecule has 2 rings (SSSR count). The third-order valence-electron chi connectivity index (χ3n) is 3.90. The smallest absolute Gasteiger partial charge is 0.317 e. The first-order chi connectivity index (χ1) is 11.5. The molecule has 0 aromatic heterocycles. The van der Waals surface area contributed by atoms with E-state index in [9.17, 15) is 14.0 Å². The summed E-state index contributed by atoms with van der Waals surface area (Å²) in [6.07, 6.45) is 0.425. The average Bonchev–Trinajstić information content (AvgIpc) is 2.58. The molecule has 24 heavy (non-hydrogen) atoms. The van der Waals surface area contributed by atoms with Gasteiger partial charge in [0.05, 0.1) is 7.11 Å². The van der Waals surface area contributed by atoms with Crippen LogP contribution in [0.5, 0.6) is 5.75 Å². The van der Waals surface area contributed by atoms with Crippen LogP contribution in [0.4, 0.5) is 14.9 Å². The van der Waals surface area contributed by atoms with E-state index in [1.54, 1.807) is 17.0 Å². The number of piperazine rings is 1. The highest BCUT2D eigenvalue weighted by atomic mass is 19.1. The van der Waals surface area contributed by atoms with Crippen molar-refractivity contribution in [1.82, 2.24) is 10.2 Å². The van der Waals surface area contributed by atoms with Crippen molar-refractivity contribution in [2.24, 2.45) is 0 Å². The lowest BCUT2D eigenvalue weighted by atomic mass is 10.2. The Balaban J connectivity index is 1.85. The summed E-state index contributed by atoms with van der Waals surface area (Å²) in [6.45, 7) is 2.25. The van der Waals surface area contributed by atoms with Crippen molar-refractivity contribution in [3.63, 3.8) is 0 Å². The summed E-state index contributed by atoms with van der Waals surface area (Å²) >= 11 is 0. The number of nitrogens with one attached hydrogen (secondary N) is 1. The number of nitrogens with zero attached hydrogens (tertiary/aromatic N) is 2. The quantitative estimate of drug-likeness (QED) is 0.768. The van der Waals surface area contributed by atoms with Crippen LogP contribution in [0.25, 0.3) is 0 Å². The Kier molecular flexibility index (Phi) is 6.22. The summed E-state index contributed by atoms with van der Waals surface area (Å²) in [5.41, 5.74) is 0.418. The number of halogens is 1. The van der Waals surface area contributed by atoms with Crippen molar-refractivity contribution in [3.8, 4) is 5.75 Å². The summed E-state index contributed by atoms with van der Waals surface area (Å²) in [5, 5.41) is 11.3. The number of aliphatic carboxylic acids is 1. The van der Waals surface area contributed by atoms with E-state index in [2.05, 4.69) is 5.32 Å². The molecule has 2 amide bonds. The molecule has 1 fully saturated rings. The maximum Gasteiger partial charge on any atom is 0.317 e. The van der Waals surface area contributed by atoms with Gasteiger partial charge in [-0.25, -0.2) is 9.18 Å². The number of benzene rings is 1. The lowest BCUT2D eigenvalue weighted by Gasteiger charge is -2.36. The van der Waals surface area contributed by atoms with Crippen LogP contribution in [0.1, 0.15) is 12.8 Å². The Morgan fingerprint density at radius 2 is 2.00 bits per heavy atom. The second kappa shape index (κ2) is 8.37. The molecule has 132 valence electrons. The number of methoxy groups -OCH3 is 1. The van der Waals surface area contributed by atoms with Gasteiger partial charge in [0.15, 0.2) is 0 Å². The van der Waals surface area contributed by atoms with E-state index in [0.717, 1.165) is 0 Å². The average molecular weight is 339 g/mol. The highest BCUT2D eigenvalue weighted by Gasteiger charge is 2.24. The number of carbonyl (C=O) groups excluding carboxylic acids is 1. The number of anilines is 1. The molecule has 0 unspecified atom stereocenters. The fraction of sp³-hybridized carbons (Fsp3) is 0.500. The molecule has 0 saturated carbocycles. The van der Waals surface area contributed by atoms with Crippen LogP contribution >= 0.6 is 0 Å². The SMILES string of the molecule is COc1cccc(F)c1N1CCN(C(=O)NCCCC(=O)O)CC1. The fourth-order valence-corrected chi connectivity index (χ4v) is 2.65. The fourth-order valence-electron chi connectivity index (χ4n) is 2.65.